The fourth-order valence-corrected chi connectivity index (χ4v) is 8.49. The van der Waals surface area contributed by atoms with E-state index in [2.05, 4.69) is 198 Å². The zero-order valence-corrected chi connectivity index (χ0v) is 27.7. The van der Waals surface area contributed by atoms with E-state index >= 15 is 0 Å². The Morgan fingerprint density at radius 2 is 1.14 bits per heavy atom. The van der Waals surface area contributed by atoms with Crippen LogP contribution in [0.4, 0.5) is 5.69 Å². The second-order valence-electron chi connectivity index (χ2n) is 13.7. The van der Waals surface area contributed by atoms with Gasteiger partial charge >= 0.3 is 0 Å². The molecule has 0 radical (unpaired) electrons. The fraction of sp³-hybridized carbons (Fsp3) is 0.0833. The van der Waals surface area contributed by atoms with Gasteiger partial charge in [0.05, 0.1) is 23.1 Å². The number of benzene rings is 6. The van der Waals surface area contributed by atoms with Crippen LogP contribution in [0, 0.1) is 0 Å². The van der Waals surface area contributed by atoms with Gasteiger partial charge < -0.3 is 9.47 Å². The van der Waals surface area contributed by atoms with Crippen molar-refractivity contribution in [1.82, 2.24) is 4.57 Å². The van der Waals surface area contributed by atoms with Gasteiger partial charge in [-0.3, -0.25) is 0 Å². The number of anilines is 1. The van der Waals surface area contributed by atoms with Crippen molar-refractivity contribution in [3.8, 4) is 27.9 Å². The molecule has 0 fully saturated rings. The van der Waals surface area contributed by atoms with Gasteiger partial charge in [-0.25, -0.2) is 0 Å². The van der Waals surface area contributed by atoms with Crippen LogP contribution in [-0.4, -0.2) is 16.7 Å². The largest absolute Gasteiger partial charge is 0.357 e. The van der Waals surface area contributed by atoms with Gasteiger partial charge in [-0.15, -0.1) is 0 Å². The molecule has 2 aliphatic carbocycles. The molecule has 0 amide bonds. The van der Waals surface area contributed by atoms with Crippen molar-refractivity contribution < 1.29 is 0 Å². The van der Waals surface area contributed by atoms with Crippen LogP contribution in [0.15, 0.2) is 188 Å². The number of allylic oxidation sites excluding steroid dienone is 4. The maximum atomic E-state index is 2.69. The Balaban J connectivity index is 1.06. The van der Waals surface area contributed by atoms with Crippen molar-refractivity contribution in [3.63, 3.8) is 0 Å². The summed E-state index contributed by atoms with van der Waals surface area (Å²) in [6.07, 6.45) is 17.5. The van der Waals surface area contributed by atoms with Gasteiger partial charge in [0.15, 0.2) is 0 Å². The molecule has 2 heteroatoms. The lowest BCUT2D eigenvalue weighted by atomic mass is 9.89. The predicted molar refractivity (Wildman–Crippen MR) is 211 cm³/mol. The molecule has 1 aromatic heterocycles. The van der Waals surface area contributed by atoms with Gasteiger partial charge in [-0.1, -0.05) is 140 Å². The minimum Gasteiger partial charge on any atom is -0.357 e. The first kappa shape index (κ1) is 28.9. The highest BCUT2D eigenvalue weighted by atomic mass is 15.2. The third-order valence-corrected chi connectivity index (χ3v) is 10.8. The Morgan fingerprint density at radius 1 is 0.500 bits per heavy atom. The molecule has 50 heavy (non-hydrogen) atoms. The molecule has 3 atom stereocenters. The number of fused-ring (bicyclic) bond motifs is 6. The van der Waals surface area contributed by atoms with Crippen molar-refractivity contribution in [2.45, 2.75) is 24.4 Å². The topological polar surface area (TPSA) is 8.17 Å². The quantitative estimate of drug-likeness (QED) is 0.182. The first-order valence-corrected chi connectivity index (χ1v) is 17.7. The van der Waals surface area contributed by atoms with Crippen molar-refractivity contribution in [1.29, 1.82) is 0 Å². The van der Waals surface area contributed by atoms with Crippen LogP contribution in [0.1, 0.15) is 23.5 Å². The minimum atomic E-state index is 0.251. The van der Waals surface area contributed by atoms with E-state index in [-0.39, 0.29) is 12.1 Å². The van der Waals surface area contributed by atoms with Crippen molar-refractivity contribution in [3.05, 3.63) is 199 Å². The van der Waals surface area contributed by atoms with E-state index in [1.54, 1.807) is 0 Å². The second-order valence-corrected chi connectivity index (χ2v) is 13.7. The summed E-state index contributed by atoms with van der Waals surface area (Å²) in [5, 5.41) is 2.62. The van der Waals surface area contributed by atoms with E-state index in [1.807, 2.05) is 0 Å². The van der Waals surface area contributed by atoms with Crippen LogP contribution in [0.5, 0.6) is 0 Å². The van der Waals surface area contributed by atoms with Gasteiger partial charge in [0.1, 0.15) is 0 Å². The van der Waals surface area contributed by atoms with E-state index in [1.165, 1.54) is 72.1 Å². The predicted octanol–water partition coefficient (Wildman–Crippen LogP) is 11.9. The lowest BCUT2D eigenvalue weighted by Crippen LogP contribution is -2.40. The van der Waals surface area contributed by atoms with E-state index in [0.717, 1.165) is 6.42 Å². The third-order valence-electron chi connectivity index (χ3n) is 10.8. The van der Waals surface area contributed by atoms with Gasteiger partial charge in [0, 0.05) is 28.1 Å². The summed E-state index contributed by atoms with van der Waals surface area (Å²) >= 11 is 0. The zero-order chi connectivity index (χ0) is 33.0. The normalized spacial score (nSPS) is 19.2. The standard InChI is InChI=1S/C48H36N2/c1-4-14-33(15-5-1)36-28-37(34-16-6-2-7-17-34)30-38(29-36)35-24-26-40(27-25-35)50-46-23-13-11-21-42(46)44-31-43-41-20-10-12-22-45(41)49(47(43)32-48(44)50)39-18-8-3-9-19-39/h1-26,28-32,40,42,46H,27H2. The Hall–Kier alpha value is -6.12. The minimum absolute atomic E-state index is 0.251. The Labute approximate surface area is 293 Å². The Morgan fingerprint density at radius 3 is 1.84 bits per heavy atom. The number of hydrogen-bond donors (Lipinski definition) is 0. The Kier molecular flexibility index (Phi) is 6.80. The number of nitrogens with zero attached hydrogens (tertiary/aromatic N) is 2. The molecule has 3 unspecified atom stereocenters. The van der Waals surface area contributed by atoms with Crippen molar-refractivity contribution >= 4 is 33.1 Å². The average molecular weight is 641 g/mol. The maximum absolute atomic E-state index is 2.69. The van der Waals surface area contributed by atoms with Crippen LogP contribution >= 0.6 is 0 Å². The van der Waals surface area contributed by atoms with Crippen LogP contribution in [0.3, 0.4) is 0 Å². The third kappa shape index (κ3) is 4.71. The summed E-state index contributed by atoms with van der Waals surface area (Å²) in [6, 6.07) is 53.7. The van der Waals surface area contributed by atoms with Gasteiger partial charge in [-0.2, -0.15) is 0 Å². The summed E-state index contributed by atoms with van der Waals surface area (Å²) in [5.41, 5.74) is 14.0. The highest BCUT2D eigenvalue weighted by molar-refractivity contribution is 6.11. The van der Waals surface area contributed by atoms with Gasteiger partial charge in [-0.05, 0) is 93.9 Å². The first-order chi connectivity index (χ1) is 24.8. The molecule has 0 saturated heterocycles. The summed E-state index contributed by atoms with van der Waals surface area (Å²) < 4.78 is 2.44. The highest BCUT2D eigenvalue weighted by Gasteiger charge is 2.40. The number of hydrogen-bond acceptors (Lipinski definition) is 1. The van der Waals surface area contributed by atoms with Crippen molar-refractivity contribution in [2.24, 2.45) is 0 Å². The van der Waals surface area contributed by atoms with Crippen LogP contribution in [-0.2, 0) is 0 Å². The van der Waals surface area contributed by atoms with E-state index in [0.29, 0.717) is 5.92 Å². The zero-order valence-electron chi connectivity index (χ0n) is 27.7. The monoisotopic (exact) mass is 640 g/mol. The number of para-hydroxylation sites is 2. The summed E-state index contributed by atoms with van der Waals surface area (Å²) in [7, 11) is 0. The number of aromatic nitrogens is 1. The summed E-state index contributed by atoms with van der Waals surface area (Å²) in [6.45, 7) is 0. The fourth-order valence-electron chi connectivity index (χ4n) is 8.49. The van der Waals surface area contributed by atoms with E-state index < -0.39 is 0 Å². The molecule has 1 aliphatic heterocycles. The SMILES string of the molecule is C1=CC2c3cc4c5ccccc5n(-c5ccccc5)c4cc3N(C3C=CC(c4cc(-c5ccccc5)cc(-c5ccccc5)c4)=CC3)C2C=C1. The first-order valence-electron chi connectivity index (χ1n) is 17.7. The molecule has 0 saturated carbocycles. The molecular formula is C48H36N2. The molecule has 10 rings (SSSR count). The number of rotatable bonds is 5. The molecule has 2 nitrogen and oxygen atoms in total. The molecular weight excluding hydrogens is 605 g/mol. The molecule has 7 aromatic rings. The molecule has 238 valence electrons. The van der Waals surface area contributed by atoms with Crippen LogP contribution < -0.4 is 4.90 Å². The van der Waals surface area contributed by atoms with E-state index in [9.17, 15) is 0 Å². The van der Waals surface area contributed by atoms with Gasteiger partial charge in [0.25, 0.3) is 0 Å². The molecule has 6 aromatic carbocycles. The lowest BCUT2D eigenvalue weighted by Gasteiger charge is -2.35. The van der Waals surface area contributed by atoms with Crippen LogP contribution in [0.25, 0.3) is 55.3 Å². The van der Waals surface area contributed by atoms with Crippen molar-refractivity contribution in [2.75, 3.05) is 4.90 Å². The summed E-state index contributed by atoms with van der Waals surface area (Å²) in [5.74, 6) is 0.327. The molecule has 0 spiro atoms. The highest BCUT2D eigenvalue weighted by Crippen LogP contribution is 2.49. The second kappa shape index (κ2) is 11.8. The summed E-state index contributed by atoms with van der Waals surface area (Å²) in [4.78, 5) is 2.69. The van der Waals surface area contributed by atoms with Crippen LogP contribution in [0.2, 0.25) is 0 Å². The molecule has 0 bridgehead atoms. The molecule has 2 heterocycles. The molecule has 3 aliphatic rings. The average Bonchev–Trinajstić information content (AvgIpc) is 3.70. The maximum Gasteiger partial charge on any atom is 0.0586 e. The Bertz CT molecular complexity index is 2460. The van der Waals surface area contributed by atoms with Gasteiger partial charge in [0.2, 0.25) is 0 Å². The van der Waals surface area contributed by atoms with E-state index in [4.69, 9.17) is 0 Å². The molecule has 0 N–H and O–H groups in total. The smallest absolute Gasteiger partial charge is 0.0586 e. The lowest BCUT2D eigenvalue weighted by molar-refractivity contribution is 0.614.